The second-order valence-electron chi connectivity index (χ2n) is 4.01. The Hall–Kier alpha value is -2.35. The highest BCUT2D eigenvalue weighted by atomic mass is 79.9. The number of benzene rings is 2. The highest BCUT2D eigenvalue weighted by molar-refractivity contribution is 9.10. The van der Waals surface area contributed by atoms with Gasteiger partial charge in [0.1, 0.15) is 5.82 Å². The average Bonchev–Trinajstić information content (AvgIpc) is 2.42. The summed E-state index contributed by atoms with van der Waals surface area (Å²) in [6.07, 6.45) is 0. The fourth-order valence-corrected chi connectivity index (χ4v) is 1.82. The fraction of sp³-hybridized carbons (Fsp3) is 0. The maximum Gasteiger partial charge on any atom is 0.304 e. The molecule has 0 bridgehead atoms. The number of rotatable bonds is 3. The van der Waals surface area contributed by atoms with E-state index >= 15 is 0 Å². The Kier molecular flexibility index (Phi) is 4.27. The van der Waals surface area contributed by atoms with E-state index in [0.717, 1.165) is 24.3 Å². The predicted molar refractivity (Wildman–Crippen MR) is 75.1 cm³/mol. The van der Waals surface area contributed by atoms with E-state index in [0.29, 0.717) is 0 Å². The van der Waals surface area contributed by atoms with E-state index in [4.69, 9.17) is 0 Å². The van der Waals surface area contributed by atoms with Gasteiger partial charge in [-0.3, -0.25) is 14.9 Å². The van der Waals surface area contributed by atoms with Crippen LogP contribution in [0.25, 0.3) is 0 Å². The molecule has 0 aliphatic carbocycles. The second kappa shape index (κ2) is 5.96. The molecule has 2 aromatic rings. The molecule has 0 atom stereocenters. The minimum absolute atomic E-state index is 0.110. The molecule has 0 spiro atoms. The molecule has 0 radical (unpaired) electrons. The molecule has 2 rings (SSSR count). The molecule has 21 heavy (non-hydrogen) atoms. The molecular weight excluding hydrogens is 350 g/mol. The van der Waals surface area contributed by atoms with E-state index in [9.17, 15) is 23.7 Å². The zero-order valence-corrected chi connectivity index (χ0v) is 11.9. The topological polar surface area (TPSA) is 72.2 Å². The smallest absolute Gasteiger partial charge is 0.304 e. The molecule has 0 aliphatic heterocycles. The zero-order valence-electron chi connectivity index (χ0n) is 10.3. The summed E-state index contributed by atoms with van der Waals surface area (Å²) in [4.78, 5) is 21.5. The largest absolute Gasteiger partial charge is 0.322 e. The molecule has 8 heteroatoms. The van der Waals surface area contributed by atoms with Crippen LogP contribution in [0, 0.1) is 21.7 Å². The first-order valence-electron chi connectivity index (χ1n) is 5.59. The highest BCUT2D eigenvalue weighted by Crippen LogP contribution is 2.21. The van der Waals surface area contributed by atoms with Crippen molar-refractivity contribution >= 4 is 33.2 Å². The van der Waals surface area contributed by atoms with E-state index in [1.165, 1.54) is 12.1 Å². The van der Waals surface area contributed by atoms with E-state index in [1.807, 2.05) is 0 Å². The number of amides is 1. The van der Waals surface area contributed by atoms with Crippen LogP contribution in [0.1, 0.15) is 10.4 Å². The van der Waals surface area contributed by atoms with Crippen molar-refractivity contribution in [1.29, 1.82) is 0 Å². The van der Waals surface area contributed by atoms with Gasteiger partial charge in [-0.15, -0.1) is 0 Å². The number of carbonyl (C=O) groups is 1. The van der Waals surface area contributed by atoms with Gasteiger partial charge in [-0.25, -0.2) is 4.39 Å². The Balaban J connectivity index is 2.22. The molecule has 0 heterocycles. The van der Waals surface area contributed by atoms with Gasteiger partial charge in [0.25, 0.3) is 5.91 Å². The van der Waals surface area contributed by atoms with Gasteiger partial charge < -0.3 is 5.32 Å². The maximum absolute atomic E-state index is 13.4. The van der Waals surface area contributed by atoms with Gasteiger partial charge in [-0.05, 0) is 46.3 Å². The lowest BCUT2D eigenvalue weighted by molar-refractivity contribution is -0.387. The van der Waals surface area contributed by atoms with Gasteiger partial charge in [0.05, 0.1) is 9.40 Å². The number of nitrogens with one attached hydrogen (secondary N) is 1. The van der Waals surface area contributed by atoms with Crippen LogP contribution in [0.5, 0.6) is 0 Å². The van der Waals surface area contributed by atoms with Crippen molar-refractivity contribution in [1.82, 2.24) is 0 Å². The quantitative estimate of drug-likeness (QED) is 0.669. The normalized spacial score (nSPS) is 10.2. The molecule has 0 saturated heterocycles. The van der Waals surface area contributed by atoms with Gasteiger partial charge in [-0.2, -0.15) is 4.39 Å². The van der Waals surface area contributed by atoms with Crippen LogP contribution in [0.2, 0.25) is 0 Å². The van der Waals surface area contributed by atoms with Gasteiger partial charge in [-0.1, -0.05) is 0 Å². The van der Waals surface area contributed by atoms with E-state index in [2.05, 4.69) is 21.2 Å². The number of hydrogen-bond donors (Lipinski definition) is 1. The molecule has 0 unspecified atom stereocenters. The zero-order chi connectivity index (χ0) is 15.6. The van der Waals surface area contributed by atoms with Gasteiger partial charge in [0.15, 0.2) is 0 Å². The Morgan fingerprint density at radius 3 is 2.43 bits per heavy atom. The molecule has 1 amide bonds. The summed E-state index contributed by atoms with van der Waals surface area (Å²) in [6, 6.07) is 6.71. The standard InChI is InChI=1S/C13H7BrF2N2O3/c14-9-3-2-8(6-10(9)15)17-13(19)7-1-4-12(18(20)21)11(16)5-7/h1-6H,(H,17,19). The van der Waals surface area contributed by atoms with Crippen molar-refractivity contribution in [3.8, 4) is 0 Å². The van der Waals surface area contributed by atoms with Gasteiger partial charge in [0.2, 0.25) is 5.82 Å². The molecule has 2 aromatic carbocycles. The molecular formula is C13H7BrF2N2O3. The molecule has 0 saturated carbocycles. The van der Waals surface area contributed by atoms with Crippen molar-refractivity contribution in [2.45, 2.75) is 0 Å². The number of anilines is 1. The van der Waals surface area contributed by atoms with Crippen LogP contribution in [0.4, 0.5) is 20.2 Å². The lowest BCUT2D eigenvalue weighted by atomic mass is 10.2. The summed E-state index contributed by atoms with van der Waals surface area (Å²) >= 11 is 2.97. The minimum atomic E-state index is -1.12. The summed E-state index contributed by atoms with van der Waals surface area (Å²) in [5, 5.41) is 12.8. The van der Waals surface area contributed by atoms with E-state index < -0.39 is 28.2 Å². The molecule has 5 nitrogen and oxygen atoms in total. The van der Waals surface area contributed by atoms with Gasteiger partial charge in [0, 0.05) is 17.3 Å². The van der Waals surface area contributed by atoms with Crippen LogP contribution in [0.15, 0.2) is 40.9 Å². The van der Waals surface area contributed by atoms with Crippen LogP contribution in [-0.2, 0) is 0 Å². The highest BCUT2D eigenvalue weighted by Gasteiger charge is 2.17. The number of carbonyl (C=O) groups excluding carboxylic acids is 1. The third-order valence-corrected chi connectivity index (χ3v) is 3.23. The number of nitrogens with zero attached hydrogens (tertiary/aromatic N) is 1. The molecule has 108 valence electrons. The summed E-state index contributed by atoms with van der Waals surface area (Å²) < 4.78 is 27.0. The summed E-state index contributed by atoms with van der Waals surface area (Å²) in [5.74, 6) is -2.39. The van der Waals surface area contributed by atoms with Crippen molar-refractivity contribution in [2.24, 2.45) is 0 Å². The monoisotopic (exact) mass is 356 g/mol. The van der Waals surface area contributed by atoms with Crippen molar-refractivity contribution in [3.05, 3.63) is 68.2 Å². The minimum Gasteiger partial charge on any atom is -0.322 e. The Labute approximate surface area is 125 Å². The van der Waals surface area contributed by atoms with Crippen molar-refractivity contribution < 1.29 is 18.5 Å². The molecule has 0 aliphatic rings. The van der Waals surface area contributed by atoms with Crippen molar-refractivity contribution in [2.75, 3.05) is 5.32 Å². The van der Waals surface area contributed by atoms with Crippen molar-refractivity contribution in [3.63, 3.8) is 0 Å². The average molecular weight is 357 g/mol. The van der Waals surface area contributed by atoms with E-state index in [-0.39, 0.29) is 15.7 Å². The number of nitro benzene ring substituents is 1. The molecule has 0 fully saturated rings. The third kappa shape index (κ3) is 3.40. The summed E-state index contributed by atoms with van der Waals surface area (Å²) in [5.41, 5.74) is -0.651. The Morgan fingerprint density at radius 1 is 1.14 bits per heavy atom. The lowest BCUT2D eigenvalue weighted by Crippen LogP contribution is -2.12. The van der Waals surface area contributed by atoms with E-state index in [1.54, 1.807) is 0 Å². The predicted octanol–water partition coefficient (Wildman–Crippen LogP) is 3.89. The SMILES string of the molecule is O=C(Nc1ccc(Br)c(F)c1)c1ccc([N+](=O)[O-])c(F)c1. The van der Waals surface area contributed by atoms with Crippen LogP contribution in [0.3, 0.4) is 0 Å². The fourth-order valence-electron chi connectivity index (χ4n) is 1.57. The number of halogens is 3. The van der Waals surface area contributed by atoms with Crippen LogP contribution in [-0.4, -0.2) is 10.8 Å². The molecule has 0 aromatic heterocycles. The van der Waals surface area contributed by atoms with Crippen LogP contribution < -0.4 is 5.32 Å². The summed E-state index contributed by atoms with van der Waals surface area (Å²) in [7, 11) is 0. The first-order chi connectivity index (χ1) is 9.88. The van der Waals surface area contributed by atoms with Gasteiger partial charge >= 0.3 is 5.69 Å². The summed E-state index contributed by atoms with van der Waals surface area (Å²) in [6.45, 7) is 0. The Bertz CT molecular complexity index is 737. The number of hydrogen-bond acceptors (Lipinski definition) is 3. The second-order valence-corrected chi connectivity index (χ2v) is 4.86. The first-order valence-corrected chi connectivity index (χ1v) is 6.38. The molecule has 1 N–H and O–H groups in total. The lowest BCUT2D eigenvalue weighted by Gasteiger charge is -2.06. The number of nitro groups is 1. The Morgan fingerprint density at radius 2 is 1.86 bits per heavy atom. The van der Waals surface area contributed by atoms with Crippen LogP contribution >= 0.6 is 15.9 Å². The third-order valence-electron chi connectivity index (χ3n) is 2.58. The maximum atomic E-state index is 13.4. The first kappa shape index (κ1) is 15.0.